The molecule has 0 spiro atoms. The molecule has 3 aromatic carbocycles. The fourth-order valence-corrected chi connectivity index (χ4v) is 7.98. The second-order valence-corrected chi connectivity index (χ2v) is 14.8. The molecule has 2 amide bonds. The van der Waals surface area contributed by atoms with Crippen LogP contribution in [0.4, 0.5) is 16.6 Å². The number of amides is 2. The highest BCUT2D eigenvalue weighted by molar-refractivity contribution is 5.84. The van der Waals surface area contributed by atoms with Gasteiger partial charge in [0.15, 0.2) is 17.0 Å². The summed E-state index contributed by atoms with van der Waals surface area (Å²) in [7, 11) is 0. The Kier molecular flexibility index (Phi) is 10.3. The molecule has 18 heteroatoms. The smallest absolute Gasteiger partial charge is 0.328 e. The highest BCUT2D eigenvalue weighted by atomic mass is 16.3. The number of aliphatic hydroxyl groups is 2. The fraction of sp³-hybridized carbons (Fsp3) is 0.325. The highest BCUT2D eigenvalue weighted by Gasteiger charge is 2.46. The van der Waals surface area contributed by atoms with Crippen molar-refractivity contribution in [3.8, 4) is 23.1 Å². The number of phenols is 3. The van der Waals surface area contributed by atoms with Crippen LogP contribution in [-0.2, 0) is 6.54 Å². The van der Waals surface area contributed by atoms with Crippen molar-refractivity contribution in [2.75, 3.05) is 29.9 Å². The SMILES string of the molecule is Cc1[nH]c(=O)n([C@H]2C[C@@H](n3cnc4c(NCC(c5ccc(O)cc5)c5ccc(O)cc5)nc(N5CC[C@@H](NC(=O)NCc6cccc(O)c6)C5)nc43)[C@H](O)[C@@H]2O)c1O. The number of aryl methyl sites for hydroxylation is 1. The Balaban J connectivity index is 1.10. The summed E-state index contributed by atoms with van der Waals surface area (Å²) >= 11 is 0. The highest BCUT2D eigenvalue weighted by Crippen LogP contribution is 2.41. The van der Waals surface area contributed by atoms with Crippen LogP contribution in [0.3, 0.4) is 0 Å². The molecule has 0 unspecified atom stereocenters. The van der Waals surface area contributed by atoms with Crippen LogP contribution in [0.15, 0.2) is 83.9 Å². The van der Waals surface area contributed by atoms with Crippen LogP contribution >= 0.6 is 0 Å². The number of phenolic OH excluding ortho intramolecular Hbond substituents is 3. The minimum absolute atomic E-state index is 0.0673. The molecule has 3 aromatic heterocycles. The lowest BCUT2D eigenvalue weighted by Crippen LogP contribution is -2.43. The average molecular weight is 793 g/mol. The number of hydrogen-bond donors (Lipinski definition) is 10. The van der Waals surface area contributed by atoms with Gasteiger partial charge in [0.25, 0.3) is 0 Å². The molecule has 0 bridgehead atoms. The van der Waals surface area contributed by atoms with Gasteiger partial charge in [0.1, 0.15) is 29.5 Å². The molecule has 1 aliphatic heterocycles. The Bertz CT molecular complexity index is 2440. The van der Waals surface area contributed by atoms with Crippen molar-refractivity contribution in [3.63, 3.8) is 0 Å². The van der Waals surface area contributed by atoms with Crippen molar-refractivity contribution in [2.24, 2.45) is 0 Å². The van der Waals surface area contributed by atoms with Gasteiger partial charge in [0.05, 0.1) is 24.1 Å². The number of carbonyl (C=O) groups excluding carboxylic acids is 1. The average Bonchev–Trinajstić information content (AvgIpc) is 3.97. The number of benzene rings is 3. The van der Waals surface area contributed by atoms with Crippen LogP contribution in [0.25, 0.3) is 11.2 Å². The molecule has 10 N–H and O–H groups in total. The first-order valence-corrected chi connectivity index (χ1v) is 18.9. The number of urea groups is 1. The molecule has 18 nitrogen and oxygen atoms in total. The first-order valence-electron chi connectivity index (χ1n) is 18.9. The Morgan fingerprint density at radius 2 is 1.60 bits per heavy atom. The molecule has 5 atom stereocenters. The molecule has 8 rings (SSSR count). The van der Waals surface area contributed by atoms with E-state index in [0.29, 0.717) is 49.0 Å². The normalized spacial score (nSPS) is 20.6. The third kappa shape index (κ3) is 7.53. The van der Waals surface area contributed by atoms with E-state index < -0.39 is 30.0 Å². The largest absolute Gasteiger partial charge is 0.508 e. The van der Waals surface area contributed by atoms with E-state index in [1.807, 2.05) is 29.2 Å². The quantitative estimate of drug-likeness (QED) is 0.0907. The molecular formula is C40H44N10O8. The molecule has 2 fully saturated rings. The number of aromatic hydroxyl groups is 4. The summed E-state index contributed by atoms with van der Waals surface area (Å²) in [6.45, 7) is 2.95. The van der Waals surface area contributed by atoms with Crippen molar-refractivity contribution < 1.29 is 35.4 Å². The number of aromatic nitrogens is 6. The van der Waals surface area contributed by atoms with E-state index in [0.717, 1.165) is 21.3 Å². The first kappa shape index (κ1) is 38.1. The van der Waals surface area contributed by atoms with Gasteiger partial charge in [-0.1, -0.05) is 36.4 Å². The number of rotatable bonds is 11. The molecule has 1 saturated heterocycles. The van der Waals surface area contributed by atoms with Gasteiger partial charge >= 0.3 is 11.7 Å². The van der Waals surface area contributed by atoms with Crippen LogP contribution in [-0.4, -0.2) is 104 Å². The molecule has 302 valence electrons. The zero-order valence-electron chi connectivity index (χ0n) is 31.4. The maximum Gasteiger partial charge on any atom is 0.328 e. The van der Waals surface area contributed by atoms with E-state index in [2.05, 4.69) is 25.9 Å². The van der Waals surface area contributed by atoms with Crippen LogP contribution in [0.2, 0.25) is 0 Å². The molecule has 58 heavy (non-hydrogen) atoms. The van der Waals surface area contributed by atoms with Gasteiger partial charge in [-0.25, -0.2) is 14.6 Å². The third-order valence-corrected chi connectivity index (χ3v) is 11.0. The third-order valence-electron chi connectivity index (χ3n) is 11.0. The van der Waals surface area contributed by atoms with E-state index in [9.17, 15) is 40.2 Å². The van der Waals surface area contributed by atoms with Crippen LogP contribution in [0, 0.1) is 6.92 Å². The van der Waals surface area contributed by atoms with Gasteiger partial charge in [-0.15, -0.1) is 0 Å². The number of carbonyl (C=O) groups is 1. The number of anilines is 2. The van der Waals surface area contributed by atoms with Gasteiger partial charge in [-0.2, -0.15) is 9.97 Å². The Morgan fingerprint density at radius 1 is 0.914 bits per heavy atom. The number of imidazole rings is 2. The topological polar surface area (TPSA) is 259 Å². The number of fused-ring (bicyclic) bond motifs is 1. The zero-order valence-corrected chi connectivity index (χ0v) is 31.4. The second-order valence-electron chi connectivity index (χ2n) is 14.8. The van der Waals surface area contributed by atoms with Gasteiger partial charge in [-0.05, 0) is 72.9 Å². The fourth-order valence-electron chi connectivity index (χ4n) is 7.98. The minimum Gasteiger partial charge on any atom is -0.508 e. The predicted octanol–water partition coefficient (Wildman–Crippen LogP) is 2.68. The summed E-state index contributed by atoms with van der Waals surface area (Å²) in [6.07, 6.45) is -0.592. The van der Waals surface area contributed by atoms with Gasteiger partial charge in [-0.3, -0.25) is 4.57 Å². The number of aromatic amines is 1. The zero-order chi connectivity index (χ0) is 40.7. The number of nitrogens with zero attached hydrogens (tertiary/aromatic N) is 6. The lowest BCUT2D eigenvalue weighted by molar-refractivity contribution is 0.00761. The Morgan fingerprint density at radius 3 is 2.26 bits per heavy atom. The summed E-state index contributed by atoms with van der Waals surface area (Å²) in [5.41, 5.74) is 2.87. The molecule has 2 aliphatic rings. The van der Waals surface area contributed by atoms with Crippen molar-refractivity contribution in [1.82, 2.24) is 39.7 Å². The molecule has 4 heterocycles. The summed E-state index contributed by atoms with van der Waals surface area (Å²) in [5.74, 6) is 0.463. The summed E-state index contributed by atoms with van der Waals surface area (Å²) in [4.78, 5) is 44.6. The van der Waals surface area contributed by atoms with Crippen molar-refractivity contribution >= 4 is 29.0 Å². The van der Waals surface area contributed by atoms with Crippen LogP contribution in [0.5, 0.6) is 23.1 Å². The molecule has 1 saturated carbocycles. The monoisotopic (exact) mass is 792 g/mol. The number of H-pyrrole nitrogens is 1. The Hall–Kier alpha value is -6.79. The minimum atomic E-state index is -1.40. The van der Waals surface area contributed by atoms with Crippen LogP contribution < -0.4 is 26.5 Å². The predicted molar refractivity (Wildman–Crippen MR) is 212 cm³/mol. The van der Waals surface area contributed by atoms with E-state index in [1.54, 1.807) is 53.1 Å². The van der Waals surface area contributed by atoms with Gasteiger partial charge in [0.2, 0.25) is 11.8 Å². The van der Waals surface area contributed by atoms with E-state index in [4.69, 9.17) is 9.97 Å². The molecular weight excluding hydrogens is 749 g/mol. The van der Waals surface area contributed by atoms with Crippen molar-refractivity contribution in [1.29, 1.82) is 0 Å². The lowest BCUT2D eigenvalue weighted by atomic mass is 9.91. The summed E-state index contributed by atoms with van der Waals surface area (Å²) < 4.78 is 2.71. The number of hydrogen-bond acceptors (Lipinski definition) is 13. The second kappa shape index (κ2) is 15.6. The first-order chi connectivity index (χ1) is 27.9. The number of nitrogens with one attached hydrogen (secondary N) is 4. The summed E-state index contributed by atoms with van der Waals surface area (Å²) in [5, 5.41) is 72.3. The lowest BCUT2D eigenvalue weighted by Gasteiger charge is -2.22. The maximum atomic E-state index is 12.9. The van der Waals surface area contributed by atoms with Gasteiger partial charge in [0, 0.05) is 38.1 Å². The van der Waals surface area contributed by atoms with Crippen LogP contribution in [0.1, 0.15) is 53.2 Å². The van der Waals surface area contributed by atoms with Gasteiger partial charge < -0.3 is 61.0 Å². The molecule has 0 radical (unpaired) electrons. The van der Waals surface area contributed by atoms with E-state index >= 15 is 0 Å². The standard InChI is InChI=1S/C40H44N10O8/c1-21-37(56)50(40(58)44-21)31-16-30(33(54)34(31)55)49-20-43-32-35(41-18-29(23-5-9-26(51)10-6-23)24-7-11-27(52)12-8-24)46-38(47-36(32)49)48-14-13-25(19-48)45-39(57)42-17-22-3-2-4-28(53)15-22/h2-12,15,20,25,29-31,33-34,51-56H,13-14,16-19H2,1H3,(H,44,58)(H,41,46,47)(H2,42,45,57)/t25-,30-,31+,33+,34-/m1/s1. The summed E-state index contributed by atoms with van der Waals surface area (Å²) in [6, 6.07) is 18.0. The Labute approximate surface area is 331 Å². The molecule has 1 aliphatic carbocycles. The van der Waals surface area contributed by atoms with E-state index in [1.165, 1.54) is 13.3 Å². The molecule has 6 aromatic rings. The van der Waals surface area contributed by atoms with Crippen molar-refractivity contribution in [3.05, 3.63) is 112 Å². The van der Waals surface area contributed by atoms with Crippen molar-refractivity contribution in [2.45, 2.75) is 62.6 Å². The number of aliphatic hydroxyl groups excluding tert-OH is 2. The maximum absolute atomic E-state index is 12.9. The van der Waals surface area contributed by atoms with E-state index in [-0.39, 0.29) is 59.8 Å².